The van der Waals surface area contributed by atoms with Crippen LogP contribution in [0.3, 0.4) is 0 Å². The number of amides is 1. The number of nitrogens with two attached hydrogens (primary N) is 1. The lowest BCUT2D eigenvalue weighted by molar-refractivity contribution is -0.126. The van der Waals surface area contributed by atoms with Gasteiger partial charge in [0.05, 0.1) is 6.61 Å². The summed E-state index contributed by atoms with van der Waals surface area (Å²) in [6.07, 6.45) is 3.19. The Morgan fingerprint density at radius 3 is 2.93 bits per heavy atom. The van der Waals surface area contributed by atoms with Gasteiger partial charge in [0.2, 0.25) is 5.91 Å². The Hall–Kier alpha value is -0.610. The maximum Gasteiger partial charge on any atom is 0.223 e. The van der Waals surface area contributed by atoms with Crippen LogP contribution in [0.2, 0.25) is 0 Å². The topological polar surface area (TPSA) is 64.3 Å². The third-order valence-corrected chi connectivity index (χ3v) is 3.10. The van der Waals surface area contributed by atoms with E-state index in [1.807, 2.05) is 6.92 Å². The SMILES string of the molecule is COCC(C)NC(=O)C1CCCC1CN. The number of carbonyl (C=O) groups excluding carboxylic acids is 1. The first-order valence-electron chi connectivity index (χ1n) is 5.68. The van der Waals surface area contributed by atoms with Crippen LogP contribution in [0.15, 0.2) is 0 Å². The second kappa shape index (κ2) is 6.08. The van der Waals surface area contributed by atoms with Gasteiger partial charge in [0.25, 0.3) is 0 Å². The Labute approximate surface area is 91.5 Å². The zero-order valence-electron chi connectivity index (χ0n) is 9.66. The van der Waals surface area contributed by atoms with Crippen molar-refractivity contribution in [2.75, 3.05) is 20.3 Å². The molecule has 0 heterocycles. The Kier molecular flexibility index (Phi) is 5.05. The van der Waals surface area contributed by atoms with E-state index in [2.05, 4.69) is 5.32 Å². The summed E-state index contributed by atoms with van der Waals surface area (Å²) in [6, 6.07) is 0.0847. The largest absolute Gasteiger partial charge is 0.383 e. The van der Waals surface area contributed by atoms with Gasteiger partial charge in [0.15, 0.2) is 0 Å². The van der Waals surface area contributed by atoms with Crippen LogP contribution in [-0.2, 0) is 9.53 Å². The highest BCUT2D eigenvalue weighted by Crippen LogP contribution is 2.30. The first-order valence-corrected chi connectivity index (χ1v) is 5.68. The van der Waals surface area contributed by atoms with Gasteiger partial charge < -0.3 is 15.8 Å². The van der Waals surface area contributed by atoms with Crippen LogP contribution in [-0.4, -0.2) is 32.2 Å². The van der Waals surface area contributed by atoms with E-state index in [0.29, 0.717) is 19.1 Å². The maximum atomic E-state index is 11.9. The summed E-state index contributed by atoms with van der Waals surface area (Å²) in [5.74, 6) is 0.640. The predicted molar refractivity (Wildman–Crippen MR) is 59.4 cm³/mol. The number of methoxy groups -OCH3 is 1. The van der Waals surface area contributed by atoms with Crippen LogP contribution in [0.4, 0.5) is 0 Å². The molecule has 3 atom stereocenters. The third-order valence-electron chi connectivity index (χ3n) is 3.10. The molecule has 4 heteroatoms. The number of hydrogen-bond donors (Lipinski definition) is 2. The Morgan fingerprint density at radius 2 is 2.33 bits per heavy atom. The third kappa shape index (κ3) is 3.47. The van der Waals surface area contributed by atoms with Crippen LogP contribution in [0.1, 0.15) is 26.2 Å². The molecule has 0 aliphatic heterocycles. The summed E-state index contributed by atoms with van der Waals surface area (Å²) in [6.45, 7) is 3.14. The zero-order chi connectivity index (χ0) is 11.3. The molecule has 1 aliphatic carbocycles. The minimum absolute atomic E-state index is 0.0847. The van der Waals surface area contributed by atoms with Crippen molar-refractivity contribution in [3.63, 3.8) is 0 Å². The first kappa shape index (κ1) is 12.5. The van der Waals surface area contributed by atoms with Crippen molar-refractivity contribution in [1.82, 2.24) is 5.32 Å². The number of rotatable bonds is 5. The minimum Gasteiger partial charge on any atom is -0.383 e. The highest BCUT2D eigenvalue weighted by atomic mass is 16.5. The second-order valence-corrected chi connectivity index (χ2v) is 4.40. The van der Waals surface area contributed by atoms with Gasteiger partial charge >= 0.3 is 0 Å². The van der Waals surface area contributed by atoms with Crippen LogP contribution in [0.5, 0.6) is 0 Å². The molecule has 0 aromatic rings. The average Bonchev–Trinajstić information content (AvgIpc) is 2.65. The molecule has 3 unspecified atom stereocenters. The van der Waals surface area contributed by atoms with Gasteiger partial charge in [-0.3, -0.25) is 4.79 Å². The van der Waals surface area contributed by atoms with E-state index in [1.54, 1.807) is 7.11 Å². The van der Waals surface area contributed by atoms with Crippen molar-refractivity contribution in [3.8, 4) is 0 Å². The number of hydrogen-bond acceptors (Lipinski definition) is 3. The smallest absolute Gasteiger partial charge is 0.223 e. The molecule has 88 valence electrons. The van der Waals surface area contributed by atoms with E-state index in [9.17, 15) is 4.79 Å². The fraction of sp³-hybridized carbons (Fsp3) is 0.909. The van der Waals surface area contributed by atoms with Gasteiger partial charge in [-0.05, 0) is 32.2 Å². The van der Waals surface area contributed by atoms with Gasteiger partial charge in [0.1, 0.15) is 0 Å². The summed E-state index contributed by atoms with van der Waals surface area (Å²) >= 11 is 0. The van der Waals surface area contributed by atoms with Crippen molar-refractivity contribution in [3.05, 3.63) is 0 Å². The van der Waals surface area contributed by atoms with Crippen molar-refractivity contribution in [2.24, 2.45) is 17.6 Å². The molecule has 0 radical (unpaired) electrons. The summed E-state index contributed by atoms with van der Waals surface area (Å²) in [5, 5.41) is 2.97. The van der Waals surface area contributed by atoms with Crippen molar-refractivity contribution in [2.45, 2.75) is 32.2 Å². The lowest BCUT2D eigenvalue weighted by Gasteiger charge is -2.20. The van der Waals surface area contributed by atoms with Gasteiger partial charge in [-0.2, -0.15) is 0 Å². The minimum atomic E-state index is 0.0847. The van der Waals surface area contributed by atoms with Crippen molar-refractivity contribution >= 4 is 5.91 Å². The molecule has 0 bridgehead atoms. The highest BCUT2D eigenvalue weighted by Gasteiger charge is 2.32. The van der Waals surface area contributed by atoms with E-state index in [0.717, 1.165) is 19.3 Å². The summed E-state index contributed by atoms with van der Waals surface area (Å²) in [4.78, 5) is 11.9. The maximum absolute atomic E-state index is 11.9. The Balaban J connectivity index is 2.38. The molecule has 1 saturated carbocycles. The lowest BCUT2D eigenvalue weighted by Crippen LogP contribution is -2.41. The summed E-state index contributed by atoms with van der Waals surface area (Å²) < 4.78 is 4.98. The molecule has 0 aromatic heterocycles. The molecule has 0 aromatic carbocycles. The van der Waals surface area contributed by atoms with E-state index in [1.165, 1.54) is 0 Å². The Bertz CT molecular complexity index is 209. The second-order valence-electron chi connectivity index (χ2n) is 4.40. The highest BCUT2D eigenvalue weighted by molar-refractivity contribution is 5.79. The zero-order valence-corrected chi connectivity index (χ0v) is 9.66. The standard InChI is InChI=1S/C11H22N2O2/c1-8(7-15-2)13-11(14)10-5-3-4-9(10)6-12/h8-10H,3-7,12H2,1-2H3,(H,13,14). The molecular formula is C11H22N2O2. The molecule has 1 amide bonds. The molecular weight excluding hydrogens is 192 g/mol. The van der Waals surface area contributed by atoms with E-state index in [4.69, 9.17) is 10.5 Å². The molecule has 0 saturated heterocycles. The molecule has 1 rings (SSSR count). The molecule has 15 heavy (non-hydrogen) atoms. The first-order chi connectivity index (χ1) is 7.19. The van der Waals surface area contributed by atoms with Crippen LogP contribution >= 0.6 is 0 Å². The van der Waals surface area contributed by atoms with Crippen molar-refractivity contribution in [1.29, 1.82) is 0 Å². The quantitative estimate of drug-likeness (QED) is 0.701. The van der Waals surface area contributed by atoms with Crippen molar-refractivity contribution < 1.29 is 9.53 Å². The monoisotopic (exact) mass is 214 g/mol. The average molecular weight is 214 g/mol. The lowest BCUT2D eigenvalue weighted by atomic mass is 9.95. The fourth-order valence-electron chi connectivity index (χ4n) is 2.31. The molecule has 0 spiro atoms. The molecule has 3 N–H and O–H groups in total. The summed E-state index contributed by atoms with van der Waals surface area (Å²) in [7, 11) is 1.64. The van der Waals surface area contributed by atoms with Gasteiger partial charge in [-0.15, -0.1) is 0 Å². The molecule has 1 aliphatic rings. The van der Waals surface area contributed by atoms with Gasteiger partial charge in [-0.25, -0.2) is 0 Å². The van der Waals surface area contributed by atoms with E-state index < -0.39 is 0 Å². The van der Waals surface area contributed by atoms with Gasteiger partial charge in [-0.1, -0.05) is 6.42 Å². The predicted octanol–water partition coefficient (Wildman–Crippen LogP) is 0.513. The number of carbonyl (C=O) groups is 1. The Morgan fingerprint density at radius 1 is 1.60 bits per heavy atom. The number of nitrogens with one attached hydrogen (secondary N) is 1. The van der Waals surface area contributed by atoms with Crippen LogP contribution in [0, 0.1) is 11.8 Å². The van der Waals surface area contributed by atoms with E-state index >= 15 is 0 Å². The van der Waals surface area contributed by atoms with Crippen LogP contribution in [0.25, 0.3) is 0 Å². The fourth-order valence-corrected chi connectivity index (χ4v) is 2.31. The molecule has 4 nitrogen and oxygen atoms in total. The normalized spacial score (nSPS) is 27.7. The number of ether oxygens (including phenoxy) is 1. The summed E-state index contributed by atoms with van der Waals surface area (Å²) in [5.41, 5.74) is 5.65. The van der Waals surface area contributed by atoms with Crippen LogP contribution < -0.4 is 11.1 Å². The van der Waals surface area contributed by atoms with E-state index in [-0.39, 0.29) is 17.9 Å². The molecule has 1 fully saturated rings. The van der Waals surface area contributed by atoms with Gasteiger partial charge in [0, 0.05) is 19.1 Å².